The van der Waals surface area contributed by atoms with Crippen molar-refractivity contribution < 1.29 is 18.0 Å². The number of anilines is 1. The van der Waals surface area contributed by atoms with Crippen molar-refractivity contribution >= 4 is 27.5 Å². The highest BCUT2D eigenvalue weighted by atomic mass is 32.2. The van der Waals surface area contributed by atoms with Crippen LogP contribution < -0.4 is 10.2 Å². The summed E-state index contributed by atoms with van der Waals surface area (Å²) < 4.78 is 27.3. The summed E-state index contributed by atoms with van der Waals surface area (Å²) in [6, 6.07) is 5.09. The summed E-state index contributed by atoms with van der Waals surface area (Å²) in [7, 11) is -1.72. The predicted molar refractivity (Wildman–Crippen MR) is 116 cm³/mol. The first kappa shape index (κ1) is 22.7. The van der Waals surface area contributed by atoms with Crippen molar-refractivity contribution in [1.29, 1.82) is 0 Å². The lowest BCUT2D eigenvalue weighted by Gasteiger charge is -2.31. The van der Waals surface area contributed by atoms with E-state index < -0.39 is 10.0 Å². The van der Waals surface area contributed by atoms with Crippen molar-refractivity contribution in [3.8, 4) is 0 Å². The first-order chi connectivity index (χ1) is 14.3. The monoisotopic (exact) mass is 436 g/mol. The molecule has 0 aromatic heterocycles. The molecule has 8 nitrogen and oxygen atoms in total. The van der Waals surface area contributed by atoms with E-state index in [-0.39, 0.29) is 24.9 Å². The number of amides is 2. The molecule has 166 valence electrons. The fourth-order valence-corrected chi connectivity index (χ4v) is 5.58. The standard InChI is InChI=1S/C21H32N4O4S/c1-3-10-22-20(26)15-23(2)16-21(27)25-13-6-7-17-14-18(8-9-19(17)25)30(28,29)24-11-4-5-12-24/h8-9,14H,3-7,10-13,15-16H2,1-2H3,(H,22,26). The average Bonchev–Trinajstić information content (AvgIpc) is 3.27. The molecule has 0 aliphatic carbocycles. The molecule has 2 amide bonds. The fourth-order valence-electron chi connectivity index (χ4n) is 4.01. The van der Waals surface area contributed by atoms with E-state index in [2.05, 4.69) is 5.32 Å². The number of aryl methyl sites for hydroxylation is 1. The molecule has 0 bridgehead atoms. The zero-order chi connectivity index (χ0) is 21.7. The predicted octanol–water partition coefficient (Wildman–Crippen LogP) is 1.21. The van der Waals surface area contributed by atoms with E-state index in [4.69, 9.17) is 0 Å². The third-order valence-electron chi connectivity index (χ3n) is 5.56. The molecule has 1 fully saturated rings. The van der Waals surface area contributed by atoms with Crippen molar-refractivity contribution in [1.82, 2.24) is 14.5 Å². The van der Waals surface area contributed by atoms with Gasteiger partial charge in [-0.3, -0.25) is 14.5 Å². The number of benzene rings is 1. The number of hydrogen-bond acceptors (Lipinski definition) is 5. The molecule has 2 aliphatic rings. The minimum absolute atomic E-state index is 0.0862. The van der Waals surface area contributed by atoms with E-state index in [9.17, 15) is 18.0 Å². The minimum Gasteiger partial charge on any atom is -0.355 e. The largest absolute Gasteiger partial charge is 0.355 e. The second-order valence-corrected chi connectivity index (χ2v) is 10.0. The van der Waals surface area contributed by atoms with E-state index in [0.717, 1.165) is 43.4 Å². The van der Waals surface area contributed by atoms with Gasteiger partial charge in [0.25, 0.3) is 0 Å². The second kappa shape index (κ2) is 9.89. The molecule has 1 aromatic carbocycles. The Morgan fingerprint density at radius 3 is 2.53 bits per heavy atom. The van der Waals surface area contributed by atoms with Crippen LogP contribution in [0, 0.1) is 0 Å². The Bertz CT molecular complexity index is 881. The lowest BCUT2D eigenvalue weighted by atomic mass is 10.0. The second-order valence-electron chi connectivity index (χ2n) is 8.07. The van der Waals surface area contributed by atoms with Gasteiger partial charge in [0.05, 0.1) is 18.0 Å². The first-order valence-electron chi connectivity index (χ1n) is 10.7. The molecule has 0 atom stereocenters. The van der Waals surface area contributed by atoms with Gasteiger partial charge in [-0.1, -0.05) is 6.92 Å². The average molecular weight is 437 g/mol. The van der Waals surface area contributed by atoms with Gasteiger partial charge in [-0.05, 0) is 62.9 Å². The van der Waals surface area contributed by atoms with Crippen molar-refractivity contribution in [3.05, 3.63) is 23.8 Å². The molecular formula is C21H32N4O4S. The van der Waals surface area contributed by atoms with Gasteiger partial charge in [0.1, 0.15) is 0 Å². The number of sulfonamides is 1. The van der Waals surface area contributed by atoms with Crippen LogP contribution in [0.2, 0.25) is 0 Å². The molecule has 1 aromatic rings. The number of carbonyl (C=O) groups is 2. The normalized spacial score (nSPS) is 17.2. The summed E-state index contributed by atoms with van der Waals surface area (Å²) in [6.07, 6.45) is 4.20. The van der Waals surface area contributed by atoms with E-state index in [0.29, 0.717) is 31.1 Å². The van der Waals surface area contributed by atoms with Crippen LogP contribution >= 0.6 is 0 Å². The molecule has 2 heterocycles. The van der Waals surface area contributed by atoms with Crippen LogP contribution in [0.25, 0.3) is 0 Å². The Morgan fingerprint density at radius 1 is 1.10 bits per heavy atom. The summed E-state index contributed by atoms with van der Waals surface area (Å²) in [6.45, 7) is 4.66. The number of nitrogens with one attached hydrogen (secondary N) is 1. The third kappa shape index (κ3) is 5.19. The van der Waals surface area contributed by atoms with Gasteiger partial charge in [-0.2, -0.15) is 4.31 Å². The fraction of sp³-hybridized carbons (Fsp3) is 0.619. The van der Waals surface area contributed by atoms with Gasteiger partial charge < -0.3 is 10.2 Å². The quantitative estimate of drug-likeness (QED) is 0.662. The van der Waals surface area contributed by atoms with Gasteiger partial charge in [0.15, 0.2) is 0 Å². The Hall–Kier alpha value is -1.97. The molecule has 3 rings (SSSR count). The maximum absolute atomic E-state index is 12.9. The van der Waals surface area contributed by atoms with Crippen molar-refractivity contribution in [2.24, 2.45) is 0 Å². The van der Waals surface area contributed by atoms with Crippen molar-refractivity contribution in [2.75, 3.05) is 51.2 Å². The smallest absolute Gasteiger partial charge is 0.243 e. The van der Waals surface area contributed by atoms with Gasteiger partial charge in [-0.15, -0.1) is 0 Å². The summed E-state index contributed by atoms with van der Waals surface area (Å²) >= 11 is 0. The topological polar surface area (TPSA) is 90.0 Å². The molecule has 0 saturated carbocycles. The van der Waals surface area contributed by atoms with Crippen molar-refractivity contribution in [3.63, 3.8) is 0 Å². The lowest BCUT2D eigenvalue weighted by Crippen LogP contribution is -2.44. The van der Waals surface area contributed by atoms with E-state index in [1.165, 1.54) is 0 Å². The van der Waals surface area contributed by atoms with Crippen LogP contribution in [-0.4, -0.2) is 75.8 Å². The summed E-state index contributed by atoms with van der Waals surface area (Å²) in [4.78, 5) is 28.5. The van der Waals surface area contributed by atoms with Crippen LogP contribution in [0.4, 0.5) is 5.69 Å². The molecule has 9 heteroatoms. The Kier molecular flexibility index (Phi) is 7.49. The highest BCUT2D eigenvalue weighted by Gasteiger charge is 2.30. The Balaban J connectivity index is 1.69. The molecular weight excluding hydrogens is 404 g/mol. The zero-order valence-electron chi connectivity index (χ0n) is 17.9. The molecule has 1 N–H and O–H groups in total. The van der Waals surface area contributed by atoms with Gasteiger partial charge in [-0.25, -0.2) is 8.42 Å². The lowest BCUT2D eigenvalue weighted by molar-refractivity contribution is -0.123. The maximum Gasteiger partial charge on any atom is 0.243 e. The van der Waals surface area contributed by atoms with Crippen LogP contribution in [0.15, 0.2) is 23.1 Å². The molecule has 0 radical (unpaired) electrons. The highest BCUT2D eigenvalue weighted by molar-refractivity contribution is 7.89. The van der Waals surface area contributed by atoms with Gasteiger partial charge in [0.2, 0.25) is 21.8 Å². The maximum atomic E-state index is 12.9. The van der Waals surface area contributed by atoms with Gasteiger partial charge >= 0.3 is 0 Å². The number of hydrogen-bond donors (Lipinski definition) is 1. The SMILES string of the molecule is CCCNC(=O)CN(C)CC(=O)N1CCCc2cc(S(=O)(=O)N3CCCC3)ccc21. The first-order valence-corrected chi connectivity index (χ1v) is 12.2. The Morgan fingerprint density at radius 2 is 1.83 bits per heavy atom. The molecule has 1 saturated heterocycles. The van der Waals surface area contributed by atoms with Crippen LogP contribution in [0.5, 0.6) is 0 Å². The number of fused-ring (bicyclic) bond motifs is 1. The molecule has 0 spiro atoms. The van der Waals surface area contributed by atoms with Crippen LogP contribution in [-0.2, 0) is 26.0 Å². The Labute approximate surface area is 179 Å². The molecule has 30 heavy (non-hydrogen) atoms. The van der Waals surface area contributed by atoms with Crippen molar-refractivity contribution in [2.45, 2.75) is 43.9 Å². The molecule has 0 unspecified atom stereocenters. The minimum atomic E-state index is -3.47. The van der Waals surface area contributed by atoms with Crippen LogP contribution in [0.3, 0.4) is 0 Å². The summed E-state index contributed by atoms with van der Waals surface area (Å²) in [5.41, 5.74) is 1.66. The number of rotatable bonds is 8. The third-order valence-corrected chi connectivity index (χ3v) is 7.46. The highest BCUT2D eigenvalue weighted by Crippen LogP contribution is 2.31. The van der Waals surface area contributed by atoms with Gasteiger partial charge in [0, 0.05) is 31.9 Å². The van der Waals surface area contributed by atoms with E-state index in [1.54, 1.807) is 39.4 Å². The summed E-state index contributed by atoms with van der Waals surface area (Å²) in [5.74, 6) is -0.181. The zero-order valence-corrected chi connectivity index (χ0v) is 18.7. The summed E-state index contributed by atoms with van der Waals surface area (Å²) in [5, 5.41) is 2.81. The molecule has 2 aliphatic heterocycles. The number of nitrogens with zero attached hydrogens (tertiary/aromatic N) is 3. The van der Waals surface area contributed by atoms with Crippen LogP contribution in [0.1, 0.15) is 38.2 Å². The number of carbonyl (C=O) groups excluding carboxylic acids is 2. The van der Waals surface area contributed by atoms with E-state index in [1.807, 2.05) is 6.92 Å². The van der Waals surface area contributed by atoms with E-state index >= 15 is 0 Å². The number of likely N-dealkylation sites (N-methyl/N-ethyl adjacent to an activating group) is 1.